The Kier molecular flexibility index (Phi) is 1.99. The highest BCUT2D eigenvalue weighted by Gasteiger charge is 2.15. The Morgan fingerprint density at radius 3 is 2.86 bits per heavy atom. The Morgan fingerprint density at radius 1 is 1.57 bits per heavy atom. The molecule has 0 saturated carbocycles. The van der Waals surface area contributed by atoms with Crippen molar-refractivity contribution in [2.24, 2.45) is 0 Å². The van der Waals surface area contributed by atoms with Crippen molar-refractivity contribution in [3.8, 4) is 0 Å². The molecule has 72 valence electrons. The number of furan rings is 1. The number of nitrogens with zero attached hydrogens (tertiary/aromatic N) is 2. The summed E-state index contributed by atoms with van der Waals surface area (Å²) in [5.74, 6) is -1.22. The molecule has 2 rings (SSSR count). The van der Waals surface area contributed by atoms with Crippen molar-refractivity contribution in [2.75, 3.05) is 0 Å². The molecule has 0 spiro atoms. The summed E-state index contributed by atoms with van der Waals surface area (Å²) in [6.45, 7) is 1.71. The molecule has 0 fully saturated rings. The standard InChI is InChI=1S/C8H5BrN2O3/c1-3-6-4(7(9)11-10-3)2-5(14-6)8(12)13/h2H,1H3,(H,12,13). The van der Waals surface area contributed by atoms with E-state index in [1.807, 2.05) is 0 Å². The molecule has 2 heterocycles. The average Bonchev–Trinajstić information content (AvgIpc) is 2.57. The van der Waals surface area contributed by atoms with Crippen molar-refractivity contribution in [1.29, 1.82) is 0 Å². The van der Waals surface area contributed by atoms with Crippen LogP contribution in [0.3, 0.4) is 0 Å². The first-order chi connectivity index (χ1) is 6.59. The number of fused-ring (bicyclic) bond motifs is 1. The number of aromatic nitrogens is 2. The fourth-order valence-corrected chi connectivity index (χ4v) is 1.51. The summed E-state index contributed by atoms with van der Waals surface area (Å²) in [5.41, 5.74) is 1.01. The summed E-state index contributed by atoms with van der Waals surface area (Å²) in [7, 11) is 0. The predicted octanol–water partition coefficient (Wildman–Crippen LogP) is 1.99. The normalized spacial score (nSPS) is 10.7. The highest BCUT2D eigenvalue weighted by atomic mass is 79.9. The van der Waals surface area contributed by atoms with Crippen molar-refractivity contribution in [1.82, 2.24) is 10.2 Å². The van der Waals surface area contributed by atoms with Crippen molar-refractivity contribution in [3.05, 3.63) is 22.1 Å². The third-order valence-electron chi connectivity index (χ3n) is 1.78. The Morgan fingerprint density at radius 2 is 2.29 bits per heavy atom. The molecule has 0 saturated heterocycles. The zero-order valence-corrected chi connectivity index (χ0v) is 8.70. The first kappa shape index (κ1) is 9.14. The Hall–Kier alpha value is -1.43. The molecule has 0 bridgehead atoms. The molecular weight excluding hydrogens is 252 g/mol. The van der Waals surface area contributed by atoms with E-state index >= 15 is 0 Å². The van der Waals surface area contributed by atoms with Crippen LogP contribution in [0.4, 0.5) is 0 Å². The second-order valence-electron chi connectivity index (χ2n) is 2.73. The molecule has 0 amide bonds. The summed E-state index contributed by atoms with van der Waals surface area (Å²) in [6.07, 6.45) is 0. The van der Waals surface area contributed by atoms with E-state index in [2.05, 4.69) is 26.1 Å². The van der Waals surface area contributed by atoms with E-state index in [9.17, 15) is 4.79 Å². The zero-order valence-electron chi connectivity index (χ0n) is 7.11. The summed E-state index contributed by atoms with van der Waals surface area (Å²) in [6, 6.07) is 1.42. The maximum absolute atomic E-state index is 10.6. The zero-order chi connectivity index (χ0) is 10.3. The smallest absolute Gasteiger partial charge is 0.371 e. The molecule has 14 heavy (non-hydrogen) atoms. The van der Waals surface area contributed by atoms with E-state index in [1.165, 1.54) is 6.07 Å². The first-order valence-electron chi connectivity index (χ1n) is 3.75. The van der Waals surface area contributed by atoms with Gasteiger partial charge in [0.25, 0.3) is 0 Å². The summed E-state index contributed by atoms with van der Waals surface area (Å²) >= 11 is 3.17. The fraction of sp³-hybridized carbons (Fsp3) is 0.125. The van der Waals surface area contributed by atoms with Crippen LogP contribution in [-0.4, -0.2) is 21.3 Å². The minimum Gasteiger partial charge on any atom is -0.475 e. The fourth-order valence-electron chi connectivity index (χ4n) is 1.14. The van der Waals surface area contributed by atoms with Crippen LogP contribution in [0.25, 0.3) is 11.0 Å². The van der Waals surface area contributed by atoms with Crippen molar-refractivity contribution in [2.45, 2.75) is 6.92 Å². The molecular formula is C8H5BrN2O3. The van der Waals surface area contributed by atoms with Gasteiger partial charge >= 0.3 is 5.97 Å². The third-order valence-corrected chi connectivity index (χ3v) is 2.37. The van der Waals surface area contributed by atoms with Gasteiger partial charge < -0.3 is 9.52 Å². The highest BCUT2D eigenvalue weighted by molar-refractivity contribution is 9.10. The Bertz CT molecular complexity index is 482. The SMILES string of the molecule is Cc1nnc(Br)c2cc(C(=O)O)oc12. The number of carboxylic acids is 1. The summed E-state index contributed by atoms with van der Waals surface area (Å²) < 4.78 is 5.59. The van der Waals surface area contributed by atoms with Gasteiger partial charge in [-0.2, -0.15) is 5.10 Å². The number of hydrogen-bond donors (Lipinski definition) is 1. The second kappa shape index (κ2) is 3.06. The van der Waals surface area contributed by atoms with Crippen molar-refractivity contribution >= 4 is 32.9 Å². The molecule has 5 nitrogen and oxygen atoms in total. The molecule has 2 aromatic rings. The molecule has 0 aromatic carbocycles. The largest absolute Gasteiger partial charge is 0.475 e. The number of aromatic carboxylic acids is 1. The van der Waals surface area contributed by atoms with Crippen LogP contribution in [-0.2, 0) is 0 Å². The Labute approximate surface area is 86.9 Å². The van der Waals surface area contributed by atoms with Crippen LogP contribution in [0, 0.1) is 6.92 Å². The van der Waals surface area contributed by atoms with Gasteiger partial charge in [-0.1, -0.05) is 0 Å². The molecule has 1 N–H and O–H groups in total. The van der Waals surface area contributed by atoms with E-state index in [-0.39, 0.29) is 5.76 Å². The molecule has 0 atom stereocenters. The van der Waals surface area contributed by atoms with Crippen LogP contribution in [0.2, 0.25) is 0 Å². The maximum atomic E-state index is 10.6. The predicted molar refractivity (Wildman–Crippen MR) is 51.2 cm³/mol. The lowest BCUT2D eigenvalue weighted by atomic mass is 10.3. The van der Waals surface area contributed by atoms with Crippen molar-refractivity contribution in [3.63, 3.8) is 0 Å². The lowest BCUT2D eigenvalue weighted by molar-refractivity contribution is 0.0665. The molecule has 0 aliphatic rings. The van der Waals surface area contributed by atoms with E-state index < -0.39 is 5.97 Å². The van der Waals surface area contributed by atoms with Crippen molar-refractivity contribution < 1.29 is 14.3 Å². The number of halogens is 1. The average molecular weight is 257 g/mol. The maximum Gasteiger partial charge on any atom is 0.371 e. The number of hydrogen-bond acceptors (Lipinski definition) is 4. The van der Waals surface area contributed by atoms with Gasteiger partial charge in [0, 0.05) is 6.07 Å². The summed E-state index contributed by atoms with van der Waals surface area (Å²) in [5, 5.41) is 16.9. The lowest BCUT2D eigenvalue weighted by Crippen LogP contribution is -1.91. The quantitative estimate of drug-likeness (QED) is 0.845. The molecule has 0 aliphatic carbocycles. The van der Waals surface area contributed by atoms with Gasteiger partial charge in [0.2, 0.25) is 5.76 Å². The second-order valence-corrected chi connectivity index (χ2v) is 3.49. The molecule has 2 aromatic heterocycles. The highest BCUT2D eigenvalue weighted by Crippen LogP contribution is 2.26. The summed E-state index contributed by atoms with van der Waals surface area (Å²) in [4.78, 5) is 10.6. The van der Waals surface area contributed by atoms with Crippen LogP contribution < -0.4 is 0 Å². The van der Waals surface area contributed by atoms with Gasteiger partial charge in [-0.25, -0.2) is 4.79 Å². The first-order valence-corrected chi connectivity index (χ1v) is 4.54. The minimum absolute atomic E-state index is 0.112. The number of carbonyl (C=O) groups is 1. The van der Waals surface area contributed by atoms with Gasteiger partial charge in [0.05, 0.1) is 5.39 Å². The van der Waals surface area contributed by atoms with Gasteiger partial charge in [0.15, 0.2) is 5.58 Å². The molecule has 0 radical (unpaired) electrons. The molecule has 0 aliphatic heterocycles. The van der Waals surface area contributed by atoms with Crippen LogP contribution >= 0.6 is 15.9 Å². The van der Waals surface area contributed by atoms with Gasteiger partial charge in [0.1, 0.15) is 10.3 Å². The molecule has 0 unspecified atom stereocenters. The topological polar surface area (TPSA) is 76.2 Å². The lowest BCUT2D eigenvalue weighted by Gasteiger charge is -1.92. The van der Waals surface area contributed by atoms with Gasteiger partial charge in [-0.3, -0.25) is 0 Å². The van der Waals surface area contributed by atoms with E-state index in [0.29, 0.717) is 21.3 Å². The Balaban J connectivity index is 2.82. The number of rotatable bonds is 1. The number of carboxylic acid groups (broad SMARTS) is 1. The number of aryl methyl sites for hydroxylation is 1. The van der Waals surface area contributed by atoms with E-state index in [1.54, 1.807) is 6.92 Å². The van der Waals surface area contributed by atoms with E-state index in [4.69, 9.17) is 9.52 Å². The van der Waals surface area contributed by atoms with Crippen LogP contribution in [0.5, 0.6) is 0 Å². The van der Waals surface area contributed by atoms with E-state index in [0.717, 1.165) is 0 Å². The monoisotopic (exact) mass is 256 g/mol. The van der Waals surface area contributed by atoms with Crippen LogP contribution in [0.1, 0.15) is 16.2 Å². The van der Waals surface area contributed by atoms with Gasteiger partial charge in [-0.05, 0) is 22.9 Å². The third kappa shape index (κ3) is 1.27. The van der Waals surface area contributed by atoms with Gasteiger partial charge in [-0.15, -0.1) is 5.10 Å². The molecule has 6 heteroatoms. The minimum atomic E-state index is -1.10. The van der Waals surface area contributed by atoms with Crippen LogP contribution in [0.15, 0.2) is 15.1 Å².